The topological polar surface area (TPSA) is 163 Å². The molecule has 0 aliphatic rings. The summed E-state index contributed by atoms with van der Waals surface area (Å²) in [5, 5.41) is 6.30. The van der Waals surface area contributed by atoms with E-state index in [1.165, 1.54) is 0 Å². The minimum absolute atomic E-state index is 0.140. The molecule has 0 spiro atoms. The molecule has 102 valence electrons. The third-order valence-electron chi connectivity index (χ3n) is 2.67. The summed E-state index contributed by atoms with van der Waals surface area (Å²) in [7, 11) is 0. The van der Waals surface area contributed by atoms with Crippen LogP contribution >= 0.6 is 0 Å². The number of carbonyl (C=O) groups is 2. The first-order chi connectivity index (χ1) is 9.52. The highest BCUT2D eigenvalue weighted by Crippen LogP contribution is 2.27. The van der Waals surface area contributed by atoms with Gasteiger partial charge in [0.1, 0.15) is 5.82 Å². The number of carbonyl (C=O) groups excluding carboxylic acids is 2. The number of hydrogen-bond donors (Lipinski definition) is 4. The third-order valence-corrected chi connectivity index (χ3v) is 2.67. The van der Waals surface area contributed by atoms with Crippen molar-refractivity contribution in [1.82, 2.24) is 4.98 Å². The van der Waals surface area contributed by atoms with E-state index in [1.54, 1.807) is 18.2 Å². The van der Waals surface area contributed by atoms with Gasteiger partial charge in [0.05, 0.1) is 12.1 Å². The Morgan fingerprint density at radius 3 is 2.75 bits per heavy atom. The van der Waals surface area contributed by atoms with E-state index >= 15 is 0 Å². The first kappa shape index (κ1) is 13.2. The monoisotopic (exact) mass is 273 g/mol. The SMILES string of the molecule is [N-]=[N+]=NCc1ccc2c(C(N)=O)c(NC(N)=O)[nH]c2c1. The number of amides is 3. The molecule has 2 aromatic rings. The Kier molecular flexibility index (Phi) is 3.45. The van der Waals surface area contributed by atoms with Crippen LogP contribution in [-0.2, 0) is 6.54 Å². The fourth-order valence-corrected chi connectivity index (χ4v) is 1.93. The molecule has 1 aromatic heterocycles. The molecule has 1 aromatic carbocycles. The van der Waals surface area contributed by atoms with Gasteiger partial charge in [0.25, 0.3) is 5.91 Å². The molecule has 0 saturated heterocycles. The molecule has 1 heterocycles. The zero-order chi connectivity index (χ0) is 14.7. The number of hydrogen-bond acceptors (Lipinski definition) is 3. The van der Waals surface area contributed by atoms with E-state index in [1.807, 2.05) is 0 Å². The number of nitrogens with zero attached hydrogens (tertiary/aromatic N) is 3. The summed E-state index contributed by atoms with van der Waals surface area (Å²) in [5.74, 6) is -0.552. The summed E-state index contributed by atoms with van der Waals surface area (Å²) >= 11 is 0. The number of azide groups is 1. The number of benzene rings is 1. The average Bonchev–Trinajstić information content (AvgIpc) is 2.72. The number of fused-ring (bicyclic) bond motifs is 1. The standard InChI is InChI=1S/C11H11N7O2/c12-9(19)8-6-2-1-5(4-15-18-14)3-7(6)16-10(8)17-11(13)20/h1-3,16H,4H2,(H2,12,19)(H3,13,17,20). The summed E-state index contributed by atoms with van der Waals surface area (Å²) in [6, 6.07) is 4.24. The zero-order valence-electron chi connectivity index (χ0n) is 10.3. The van der Waals surface area contributed by atoms with Crippen LogP contribution in [0.1, 0.15) is 15.9 Å². The maximum atomic E-state index is 11.5. The van der Waals surface area contributed by atoms with Gasteiger partial charge >= 0.3 is 6.03 Å². The second-order valence-electron chi connectivity index (χ2n) is 4.00. The maximum absolute atomic E-state index is 11.5. The summed E-state index contributed by atoms with van der Waals surface area (Å²) in [6.07, 6.45) is 0. The Labute approximate surface area is 112 Å². The molecular weight excluding hydrogens is 262 g/mol. The van der Waals surface area contributed by atoms with Crippen molar-refractivity contribution in [2.45, 2.75) is 6.54 Å². The van der Waals surface area contributed by atoms with Gasteiger partial charge in [-0.1, -0.05) is 17.2 Å². The molecule has 20 heavy (non-hydrogen) atoms. The second kappa shape index (κ2) is 5.21. The molecule has 9 heteroatoms. The maximum Gasteiger partial charge on any atom is 0.317 e. The average molecular weight is 273 g/mol. The van der Waals surface area contributed by atoms with Crippen molar-refractivity contribution in [2.75, 3.05) is 5.32 Å². The van der Waals surface area contributed by atoms with E-state index < -0.39 is 11.9 Å². The Morgan fingerprint density at radius 1 is 1.40 bits per heavy atom. The second-order valence-corrected chi connectivity index (χ2v) is 4.00. The van der Waals surface area contributed by atoms with E-state index in [0.29, 0.717) is 10.9 Å². The highest BCUT2D eigenvalue weighted by Gasteiger charge is 2.17. The normalized spacial score (nSPS) is 10.0. The van der Waals surface area contributed by atoms with E-state index in [4.69, 9.17) is 17.0 Å². The van der Waals surface area contributed by atoms with Gasteiger partial charge in [-0.2, -0.15) is 0 Å². The fraction of sp³-hybridized carbons (Fsp3) is 0.0909. The number of urea groups is 1. The number of primary amides is 2. The molecule has 0 fully saturated rings. The molecular formula is C11H11N7O2. The molecule has 6 N–H and O–H groups in total. The molecule has 0 aliphatic carbocycles. The van der Waals surface area contributed by atoms with Crippen molar-refractivity contribution in [3.8, 4) is 0 Å². The number of rotatable bonds is 4. The van der Waals surface area contributed by atoms with E-state index in [2.05, 4.69) is 20.3 Å². The number of nitrogens with two attached hydrogens (primary N) is 2. The number of H-pyrrole nitrogens is 1. The van der Waals surface area contributed by atoms with Crippen LogP contribution in [0.3, 0.4) is 0 Å². The Bertz CT molecular complexity index is 743. The van der Waals surface area contributed by atoms with Crippen LogP contribution < -0.4 is 16.8 Å². The van der Waals surface area contributed by atoms with Crippen LogP contribution in [-0.4, -0.2) is 16.9 Å². The van der Waals surface area contributed by atoms with E-state index in [9.17, 15) is 9.59 Å². The lowest BCUT2D eigenvalue weighted by atomic mass is 10.1. The van der Waals surface area contributed by atoms with Crippen molar-refractivity contribution in [3.05, 3.63) is 39.8 Å². The minimum Gasteiger partial charge on any atom is -0.365 e. The molecule has 3 amide bonds. The Hall–Kier alpha value is -3.19. The van der Waals surface area contributed by atoms with Crippen molar-refractivity contribution < 1.29 is 9.59 Å². The van der Waals surface area contributed by atoms with E-state index in [-0.39, 0.29) is 17.9 Å². The first-order valence-electron chi connectivity index (χ1n) is 5.54. The molecule has 2 rings (SSSR count). The van der Waals surface area contributed by atoms with Gasteiger partial charge in [0.15, 0.2) is 0 Å². The van der Waals surface area contributed by atoms with Crippen molar-refractivity contribution in [2.24, 2.45) is 16.6 Å². The predicted molar refractivity (Wildman–Crippen MR) is 72.9 cm³/mol. The lowest BCUT2D eigenvalue weighted by Crippen LogP contribution is -2.22. The quantitative estimate of drug-likeness (QED) is 0.378. The number of aromatic amines is 1. The van der Waals surface area contributed by atoms with Gasteiger partial charge in [-0.15, -0.1) is 0 Å². The molecule has 0 aliphatic heterocycles. The molecule has 0 bridgehead atoms. The summed E-state index contributed by atoms with van der Waals surface area (Å²) in [6.45, 7) is 0.177. The van der Waals surface area contributed by atoms with Crippen LogP contribution in [0.2, 0.25) is 0 Å². The van der Waals surface area contributed by atoms with Crippen LogP contribution in [0, 0.1) is 0 Å². The fourth-order valence-electron chi connectivity index (χ4n) is 1.93. The summed E-state index contributed by atoms with van der Waals surface area (Å²) < 4.78 is 0. The summed E-state index contributed by atoms with van der Waals surface area (Å²) in [5.41, 5.74) is 20.1. The van der Waals surface area contributed by atoms with Gasteiger partial charge in [0, 0.05) is 15.8 Å². The highest BCUT2D eigenvalue weighted by molar-refractivity contribution is 6.12. The van der Waals surface area contributed by atoms with Gasteiger partial charge < -0.3 is 16.5 Å². The number of nitrogens with one attached hydrogen (secondary N) is 2. The predicted octanol–water partition coefficient (Wildman–Crippen LogP) is 1.57. The van der Waals surface area contributed by atoms with Crippen LogP contribution in [0.15, 0.2) is 23.3 Å². The van der Waals surface area contributed by atoms with Crippen molar-refractivity contribution in [3.63, 3.8) is 0 Å². The Morgan fingerprint density at radius 2 is 2.15 bits per heavy atom. The highest BCUT2D eigenvalue weighted by atomic mass is 16.2. The van der Waals surface area contributed by atoms with E-state index in [0.717, 1.165) is 5.56 Å². The van der Waals surface area contributed by atoms with Crippen molar-refractivity contribution in [1.29, 1.82) is 0 Å². The lowest BCUT2D eigenvalue weighted by Gasteiger charge is -2.00. The Balaban J connectivity index is 2.57. The van der Waals surface area contributed by atoms with Gasteiger partial charge in [-0.25, -0.2) is 4.79 Å². The number of aromatic nitrogens is 1. The van der Waals surface area contributed by atoms with Crippen LogP contribution in [0.5, 0.6) is 0 Å². The smallest absolute Gasteiger partial charge is 0.317 e. The van der Waals surface area contributed by atoms with Crippen LogP contribution in [0.25, 0.3) is 21.3 Å². The van der Waals surface area contributed by atoms with Gasteiger partial charge in [-0.05, 0) is 17.2 Å². The molecule has 0 unspecified atom stereocenters. The molecule has 0 radical (unpaired) electrons. The first-order valence-corrected chi connectivity index (χ1v) is 5.54. The molecule has 0 saturated carbocycles. The zero-order valence-corrected chi connectivity index (χ0v) is 10.3. The van der Waals surface area contributed by atoms with Crippen LogP contribution in [0.4, 0.5) is 10.6 Å². The minimum atomic E-state index is -0.812. The van der Waals surface area contributed by atoms with Gasteiger partial charge in [-0.3, -0.25) is 10.1 Å². The summed E-state index contributed by atoms with van der Waals surface area (Å²) in [4.78, 5) is 27.9. The molecule has 0 atom stereocenters. The van der Waals surface area contributed by atoms with Crippen molar-refractivity contribution >= 4 is 28.7 Å². The number of anilines is 1. The third kappa shape index (κ3) is 2.47. The lowest BCUT2D eigenvalue weighted by molar-refractivity contribution is 0.100. The largest absolute Gasteiger partial charge is 0.365 e. The van der Waals surface area contributed by atoms with Gasteiger partial charge in [0.2, 0.25) is 0 Å². The molecule has 9 nitrogen and oxygen atoms in total.